The van der Waals surface area contributed by atoms with E-state index in [1.807, 2.05) is 6.92 Å². The second kappa shape index (κ2) is 4.84. The van der Waals surface area contributed by atoms with E-state index >= 15 is 0 Å². The fourth-order valence-electron chi connectivity index (χ4n) is 1.38. The number of aryl methyl sites for hydroxylation is 1. The van der Waals surface area contributed by atoms with E-state index in [1.165, 1.54) is 12.1 Å². The lowest BCUT2D eigenvalue weighted by atomic mass is 10.3. The Bertz CT molecular complexity index is 490. The third-order valence-electron chi connectivity index (χ3n) is 2.25. The molecular formula is C11H12FN5. The van der Waals surface area contributed by atoms with Crippen molar-refractivity contribution < 1.29 is 4.39 Å². The molecule has 5 nitrogen and oxygen atoms in total. The van der Waals surface area contributed by atoms with Gasteiger partial charge in [-0.2, -0.15) is 0 Å². The number of nitrogens with two attached hydrogens (primary N) is 1. The Balaban J connectivity index is 2.46. The summed E-state index contributed by atoms with van der Waals surface area (Å²) in [6.07, 6.45) is 1.89. The Morgan fingerprint density at radius 2 is 2.18 bits per heavy atom. The van der Waals surface area contributed by atoms with E-state index in [1.54, 1.807) is 6.07 Å². The van der Waals surface area contributed by atoms with Crippen molar-refractivity contribution in [2.75, 3.05) is 5.43 Å². The van der Waals surface area contributed by atoms with Crippen LogP contribution in [0.4, 0.5) is 10.2 Å². The molecule has 2 rings (SSSR count). The summed E-state index contributed by atoms with van der Waals surface area (Å²) in [5, 5.41) is 0. The van der Waals surface area contributed by atoms with Crippen LogP contribution < -0.4 is 11.3 Å². The van der Waals surface area contributed by atoms with Crippen LogP contribution in [0.15, 0.2) is 24.4 Å². The van der Waals surface area contributed by atoms with Crippen molar-refractivity contribution in [3.63, 3.8) is 0 Å². The lowest BCUT2D eigenvalue weighted by molar-refractivity contribution is 0.621. The van der Waals surface area contributed by atoms with Crippen LogP contribution in [-0.2, 0) is 6.42 Å². The summed E-state index contributed by atoms with van der Waals surface area (Å²) < 4.78 is 12.8. The number of aromatic nitrogens is 3. The third-order valence-corrected chi connectivity index (χ3v) is 2.25. The van der Waals surface area contributed by atoms with E-state index in [-0.39, 0.29) is 0 Å². The van der Waals surface area contributed by atoms with Gasteiger partial charge in [0.05, 0.1) is 6.20 Å². The summed E-state index contributed by atoms with van der Waals surface area (Å²) in [4.78, 5) is 12.4. The minimum absolute atomic E-state index is 0.391. The average Bonchev–Trinajstić information content (AvgIpc) is 2.39. The summed E-state index contributed by atoms with van der Waals surface area (Å²) in [6, 6.07) is 4.61. The first-order valence-corrected chi connectivity index (χ1v) is 5.19. The predicted octanol–water partition coefficient (Wildman–Crippen LogP) is 1.53. The topological polar surface area (TPSA) is 76.7 Å². The quantitative estimate of drug-likeness (QED) is 0.621. The van der Waals surface area contributed by atoms with E-state index < -0.39 is 5.82 Å². The fourth-order valence-corrected chi connectivity index (χ4v) is 1.38. The number of hydrazine groups is 1. The highest BCUT2D eigenvalue weighted by atomic mass is 19.1. The molecule has 0 aliphatic heterocycles. The maximum atomic E-state index is 12.8. The maximum Gasteiger partial charge on any atom is 0.180 e. The van der Waals surface area contributed by atoms with Crippen molar-refractivity contribution in [2.45, 2.75) is 13.3 Å². The summed E-state index contributed by atoms with van der Waals surface area (Å²) in [5.41, 5.74) is 3.82. The Hall–Kier alpha value is -2.08. The molecule has 0 bridgehead atoms. The van der Waals surface area contributed by atoms with Crippen LogP contribution in [0.3, 0.4) is 0 Å². The molecule has 0 saturated carbocycles. The van der Waals surface area contributed by atoms with Gasteiger partial charge in [-0.05, 0) is 18.6 Å². The van der Waals surface area contributed by atoms with Gasteiger partial charge in [-0.1, -0.05) is 6.92 Å². The number of nitrogens with zero attached hydrogens (tertiary/aromatic N) is 3. The van der Waals surface area contributed by atoms with Crippen LogP contribution in [0, 0.1) is 5.82 Å². The molecule has 6 heteroatoms. The van der Waals surface area contributed by atoms with E-state index in [0.717, 1.165) is 18.3 Å². The number of pyridine rings is 1. The Labute approximate surface area is 97.9 Å². The van der Waals surface area contributed by atoms with Crippen molar-refractivity contribution in [3.8, 4) is 11.5 Å². The van der Waals surface area contributed by atoms with Gasteiger partial charge in [0.1, 0.15) is 17.3 Å². The second-order valence-electron chi connectivity index (χ2n) is 3.43. The van der Waals surface area contributed by atoms with Gasteiger partial charge < -0.3 is 5.43 Å². The molecule has 0 aliphatic rings. The Kier molecular flexibility index (Phi) is 3.24. The van der Waals surface area contributed by atoms with Crippen molar-refractivity contribution in [3.05, 3.63) is 35.9 Å². The van der Waals surface area contributed by atoms with Crippen LogP contribution in [0.25, 0.3) is 11.5 Å². The molecule has 0 saturated heterocycles. The first kappa shape index (κ1) is 11.4. The second-order valence-corrected chi connectivity index (χ2v) is 3.43. The average molecular weight is 233 g/mol. The lowest BCUT2D eigenvalue weighted by Gasteiger charge is -2.05. The molecule has 0 aliphatic carbocycles. The van der Waals surface area contributed by atoms with Gasteiger partial charge in [0.15, 0.2) is 5.82 Å². The highest BCUT2D eigenvalue weighted by Gasteiger charge is 2.06. The molecular weight excluding hydrogens is 221 g/mol. The number of anilines is 1. The number of halogens is 1. The largest absolute Gasteiger partial charge is 0.308 e. The van der Waals surface area contributed by atoms with Crippen LogP contribution in [0.2, 0.25) is 0 Å². The predicted molar refractivity (Wildman–Crippen MR) is 62.4 cm³/mol. The highest BCUT2D eigenvalue weighted by Crippen LogP contribution is 2.15. The van der Waals surface area contributed by atoms with Gasteiger partial charge in [0.25, 0.3) is 0 Å². The third kappa shape index (κ3) is 2.54. The SMILES string of the molecule is CCc1cc(NN)nc(-c2ccc(F)cn2)n1. The van der Waals surface area contributed by atoms with Crippen LogP contribution in [-0.4, -0.2) is 15.0 Å². The molecule has 0 amide bonds. The van der Waals surface area contributed by atoms with Crippen molar-refractivity contribution >= 4 is 5.82 Å². The number of nitrogens with one attached hydrogen (secondary N) is 1. The molecule has 88 valence electrons. The van der Waals surface area contributed by atoms with Crippen molar-refractivity contribution in [2.24, 2.45) is 5.84 Å². The highest BCUT2D eigenvalue weighted by molar-refractivity contribution is 5.52. The van der Waals surface area contributed by atoms with Gasteiger partial charge in [-0.25, -0.2) is 25.2 Å². The smallest absolute Gasteiger partial charge is 0.180 e. The number of rotatable bonds is 3. The number of hydrogen-bond donors (Lipinski definition) is 2. The van der Waals surface area contributed by atoms with E-state index in [9.17, 15) is 4.39 Å². The zero-order valence-electron chi connectivity index (χ0n) is 9.31. The van der Waals surface area contributed by atoms with Gasteiger partial charge in [0.2, 0.25) is 0 Å². The summed E-state index contributed by atoms with van der Waals surface area (Å²) in [7, 11) is 0. The van der Waals surface area contributed by atoms with Gasteiger partial charge >= 0.3 is 0 Å². The Morgan fingerprint density at radius 3 is 2.76 bits per heavy atom. The van der Waals surface area contributed by atoms with E-state index in [4.69, 9.17) is 5.84 Å². The standard InChI is InChI=1S/C11H12FN5/c1-2-8-5-10(17-13)16-11(15-8)9-4-3-7(12)6-14-9/h3-6H,2,13H2,1H3,(H,15,16,17). The van der Waals surface area contributed by atoms with Gasteiger partial charge in [0, 0.05) is 11.8 Å². The molecule has 0 spiro atoms. The van der Waals surface area contributed by atoms with Gasteiger partial charge in [-0.3, -0.25) is 0 Å². The number of hydrogen-bond acceptors (Lipinski definition) is 5. The molecule has 0 radical (unpaired) electrons. The zero-order valence-corrected chi connectivity index (χ0v) is 9.31. The summed E-state index contributed by atoms with van der Waals surface area (Å²) in [6.45, 7) is 1.98. The maximum absolute atomic E-state index is 12.8. The molecule has 0 aromatic carbocycles. The molecule has 3 N–H and O–H groups in total. The normalized spacial score (nSPS) is 10.3. The Morgan fingerprint density at radius 1 is 1.35 bits per heavy atom. The minimum atomic E-state index is -0.391. The molecule has 2 aromatic heterocycles. The summed E-state index contributed by atoms with van der Waals surface area (Å²) in [5.74, 6) is 5.87. The van der Waals surface area contributed by atoms with E-state index in [2.05, 4.69) is 20.4 Å². The minimum Gasteiger partial charge on any atom is -0.308 e. The molecule has 17 heavy (non-hydrogen) atoms. The monoisotopic (exact) mass is 233 g/mol. The van der Waals surface area contributed by atoms with Gasteiger partial charge in [-0.15, -0.1) is 0 Å². The van der Waals surface area contributed by atoms with E-state index in [0.29, 0.717) is 17.3 Å². The van der Waals surface area contributed by atoms with Crippen molar-refractivity contribution in [1.82, 2.24) is 15.0 Å². The first-order chi connectivity index (χ1) is 8.22. The first-order valence-electron chi connectivity index (χ1n) is 5.19. The van der Waals surface area contributed by atoms with Crippen LogP contribution in [0.5, 0.6) is 0 Å². The molecule has 0 atom stereocenters. The fraction of sp³-hybridized carbons (Fsp3) is 0.182. The molecule has 2 heterocycles. The van der Waals surface area contributed by atoms with Crippen LogP contribution in [0.1, 0.15) is 12.6 Å². The van der Waals surface area contributed by atoms with Crippen molar-refractivity contribution in [1.29, 1.82) is 0 Å². The lowest BCUT2D eigenvalue weighted by Crippen LogP contribution is -2.10. The zero-order chi connectivity index (χ0) is 12.3. The number of nitrogen functional groups attached to an aromatic ring is 1. The summed E-state index contributed by atoms with van der Waals surface area (Å²) >= 11 is 0. The van der Waals surface area contributed by atoms with Crippen LogP contribution >= 0.6 is 0 Å². The molecule has 0 fully saturated rings. The molecule has 0 unspecified atom stereocenters. The molecule has 2 aromatic rings.